The van der Waals surface area contributed by atoms with E-state index >= 15 is 0 Å². The molecule has 2 fully saturated rings. The van der Waals surface area contributed by atoms with E-state index < -0.39 is 5.54 Å². The van der Waals surface area contributed by atoms with Crippen molar-refractivity contribution in [3.05, 3.63) is 35.0 Å². The number of nitrogens with zero attached hydrogens (tertiary/aromatic N) is 5. The quantitative estimate of drug-likeness (QED) is 0.872. The molecule has 0 aliphatic carbocycles. The summed E-state index contributed by atoms with van der Waals surface area (Å²) in [6.07, 6.45) is 5.30. The maximum Gasteiger partial charge on any atom is 0.250 e. The molecule has 0 bridgehead atoms. The fourth-order valence-electron chi connectivity index (χ4n) is 3.85. The molecule has 0 saturated carbocycles. The van der Waals surface area contributed by atoms with Gasteiger partial charge in [0.15, 0.2) is 0 Å². The van der Waals surface area contributed by atoms with Crippen LogP contribution in [0.15, 0.2) is 29.4 Å². The maximum absolute atomic E-state index is 13.4. The Balaban J connectivity index is 1.43. The molecule has 2 saturated heterocycles. The summed E-state index contributed by atoms with van der Waals surface area (Å²) in [6, 6.07) is 1.91. The Bertz CT molecular complexity index is 672. The van der Waals surface area contributed by atoms with E-state index in [-0.39, 0.29) is 5.91 Å². The predicted octanol–water partition coefficient (Wildman–Crippen LogP) is 0.763. The largest absolute Gasteiger partial charge is 0.338 e. The first kappa shape index (κ1) is 16.7. The summed E-state index contributed by atoms with van der Waals surface area (Å²) in [6.45, 7) is 5.94. The molecule has 0 atom stereocenters. The lowest BCUT2D eigenvalue weighted by Gasteiger charge is -2.43. The fraction of sp³-hybridized carbons (Fsp3) is 0.588. The van der Waals surface area contributed by atoms with Crippen LogP contribution < -0.4 is 5.32 Å². The summed E-state index contributed by atoms with van der Waals surface area (Å²) in [5, 5.41) is 9.88. The molecule has 2 aromatic rings. The van der Waals surface area contributed by atoms with Crippen LogP contribution in [-0.2, 0) is 16.9 Å². The third kappa shape index (κ3) is 3.33. The third-order valence-corrected chi connectivity index (χ3v) is 5.94. The highest BCUT2D eigenvalue weighted by atomic mass is 32.1. The molecule has 0 spiro atoms. The first-order chi connectivity index (χ1) is 12.3. The number of piperidine rings is 1. The third-order valence-electron chi connectivity index (χ3n) is 5.30. The van der Waals surface area contributed by atoms with Crippen LogP contribution in [0.3, 0.4) is 0 Å². The molecule has 0 aromatic carbocycles. The van der Waals surface area contributed by atoms with E-state index in [1.54, 1.807) is 17.5 Å². The van der Waals surface area contributed by atoms with Gasteiger partial charge in [-0.25, -0.2) is 4.98 Å². The minimum atomic E-state index is -0.522. The van der Waals surface area contributed by atoms with Crippen molar-refractivity contribution in [3.63, 3.8) is 0 Å². The second kappa shape index (κ2) is 7.23. The van der Waals surface area contributed by atoms with Gasteiger partial charge in [0.25, 0.3) is 5.91 Å². The lowest BCUT2D eigenvalue weighted by Crippen LogP contribution is -2.59. The molecule has 134 valence electrons. The van der Waals surface area contributed by atoms with Gasteiger partial charge < -0.3 is 10.2 Å². The van der Waals surface area contributed by atoms with Crippen molar-refractivity contribution < 1.29 is 4.79 Å². The SMILES string of the molecule is O=C(N1CCN(Cc2cscn2)CC1)C1(n2cccn2)CCNCC1. The molecule has 7 nitrogen and oxygen atoms in total. The molecule has 8 heteroatoms. The zero-order chi connectivity index (χ0) is 17.1. The van der Waals surface area contributed by atoms with Crippen molar-refractivity contribution >= 4 is 17.2 Å². The van der Waals surface area contributed by atoms with E-state index in [0.29, 0.717) is 0 Å². The minimum Gasteiger partial charge on any atom is -0.338 e. The van der Waals surface area contributed by atoms with Gasteiger partial charge in [-0.1, -0.05) is 0 Å². The molecular formula is C17H24N6OS. The van der Waals surface area contributed by atoms with Crippen LogP contribution in [0.4, 0.5) is 0 Å². The van der Waals surface area contributed by atoms with Crippen molar-refractivity contribution in [2.75, 3.05) is 39.3 Å². The van der Waals surface area contributed by atoms with Crippen molar-refractivity contribution in [3.8, 4) is 0 Å². The number of rotatable bonds is 4. The first-order valence-electron chi connectivity index (χ1n) is 8.88. The van der Waals surface area contributed by atoms with E-state index in [0.717, 1.165) is 64.3 Å². The van der Waals surface area contributed by atoms with Gasteiger partial charge in [0.1, 0.15) is 5.54 Å². The van der Waals surface area contributed by atoms with Gasteiger partial charge in [-0.15, -0.1) is 11.3 Å². The highest BCUT2D eigenvalue weighted by Gasteiger charge is 2.44. The van der Waals surface area contributed by atoms with E-state index in [1.165, 1.54) is 0 Å². The first-order valence-corrected chi connectivity index (χ1v) is 9.82. The highest BCUT2D eigenvalue weighted by molar-refractivity contribution is 7.07. The van der Waals surface area contributed by atoms with Crippen LogP contribution in [0.1, 0.15) is 18.5 Å². The Labute approximate surface area is 151 Å². The Morgan fingerprint density at radius 1 is 1.24 bits per heavy atom. The molecule has 2 aliphatic rings. The topological polar surface area (TPSA) is 66.3 Å². The van der Waals surface area contributed by atoms with Crippen molar-refractivity contribution in [2.45, 2.75) is 24.9 Å². The predicted molar refractivity (Wildman–Crippen MR) is 96.3 cm³/mol. The minimum absolute atomic E-state index is 0.228. The second-order valence-corrected chi connectivity index (χ2v) is 7.50. The van der Waals surface area contributed by atoms with Crippen LogP contribution in [0, 0.1) is 0 Å². The van der Waals surface area contributed by atoms with Crippen LogP contribution in [0.5, 0.6) is 0 Å². The van der Waals surface area contributed by atoms with E-state index in [4.69, 9.17) is 0 Å². The van der Waals surface area contributed by atoms with Gasteiger partial charge in [-0.3, -0.25) is 14.4 Å². The van der Waals surface area contributed by atoms with Gasteiger partial charge >= 0.3 is 0 Å². The summed E-state index contributed by atoms with van der Waals surface area (Å²) in [5.41, 5.74) is 2.47. The average molecular weight is 360 g/mol. The van der Waals surface area contributed by atoms with Crippen LogP contribution in [0.2, 0.25) is 0 Å². The van der Waals surface area contributed by atoms with Gasteiger partial charge in [-0.2, -0.15) is 5.10 Å². The number of hydrogen-bond donors (Lipinski definition) is 1. The molecule has 2 aliphatic heterocycles. The maximum atomic E-state index is 13.4. The van der Waals surface area contributed by atoms with Crippen molar-refractivity contribution in [1.29, 1.82) is 0 Å². The Morgan fingerprint density at radius 3 is 2.68 bits per heavy atom. The van der Waals surface area contributed by atoms with Crippen LogP contribution >= 0.6 is 11.3 Å². The summed E-state index contributed by atoms with van der Waals surface area (Å²) >= 11 is 1.63. The Hall–Kier alpha value is -1.77. The molecular weight excluding hydrogens is 336 g/mol. The van der Waals surface area contributed by atoms with E-state index in [9.17, 15) is 4.79 Å². The summed E-state index contributed by atoms with van der Waals surface area (Å²) < 4.78 is 1.89. The summed E-state index contributed by atoms with van der Waals surface area (Å²) in [5.74, 6) is 0.228. The molecule has 25 heavy (non-hydrogen) atoms. The number of carbonyl (C=O) groups is 1. The Kier molecular flexibility index (Phi) is 4.82. The molecule has 1 amide bonds. The van der Waals surface area contributed by atoms with Gasteiger partial charge in [0, 0.05) is 50.5 Å². The zero-order valence-electron chi connectivity index (χ0n) is 14.3. The lowest BCUT2D eigenvalue weighted by atomic mass is 9.86. The molecule has 0 unspecified atom stereocenters. The van der Waals surface area contributed by atoms with Gasteiger partial charge in [0.05, 0.1) is 11.2 Å². The van der Waals surface area contributed by atoms with Gasteiger partial charge in [0.2, 0.25) is 0 Å². The monoisotopic (exact) mass is 360 g/mol. The van der Waals surface area contributed by atoms with Crippen molar-refractivity contribution in [1.82, 2.24) is 29.9 Å². The zero-order valence-corrected chi connectivity index (χ0v) is 15.1. The highest BCUT2D eigenvalue weighted by Crippen LogP contribution is 2.30. The fourth-order valence-corrected chi connectivity index (χ4v) is 4.40. The number of amides is 1. The van der Waals surface area contributed by atoms with Crippen LogP contribution in [-0.4, -0.2) is 69.7 Å². The standard InChI is InChI=1S/C17H24N6OS/c24-16(17(2-5-18-6-3-17)23-7-1-4-20-23)22-10-8-21(9-11-22)12-15-13-25-14-19-15/h1,4,7,13-14,18H,2-3,5-6,8-12H2. The van der Waals surface area contributed by atoms with Gasteiger partial charge in [-0.05, 0) is 32.0 Å². The summed E-state index contributed by atoms with van der Waals surface area (Å²) in [4.78, 5) is 22.2. The Morgan fingerprint density at radius 2 is 2.04 bits per heavy atom. The molecule has 2 aromatic heterocycles. The second-order valence-electron chi connectivity index (χ2n) is 6.78. The average Bonchev–Trinajstić information content (AvgIpc) is 3.36. The molecule has 4 rings (SSSR count). The van der Waals surface area contributed by atoms with E-state index in [1.807, 2.05) is 27.4 Å². The summed E-state index contributed by atoms with van der Waals surface area (Å²) in [7, 11) is 0. The van der Waals surface area contributed by atoms with Crippen LogP contribution in [0.25, 0.3) is 0 Å². The number of thiazole rings is 1. The van der Waals surface area contributed by atoms with E-state index in [2.05, 4.69) is 25.7 Å². The normalized spacial score (nSPS) is 21.4. The number of carbonyl (C=O) groups excluding carboxylic acids is 1. The molecule has 0 radical (unpaired) electrons. The number of hydrogen-bond acceptors (Lipinski definition) is 6. The smallest absolute Gasteiger partial charge is 0.250 e. The number of nitrogens with one attached hydrogen (secondary N) is 1. The van der Waals surface area contributed by atoms with Crippen molar-refractivity contribution in [2.24, 2.45) is 0 Å². The number of aromatic nitrogens is 3. The molecule has 1 N–H and O–H groups in total. The molecule has 4 heterocycles. The lowest BCUT2D eigenvalue weighted by molar-refractivity contribution is -0.145. The number of piperazine rings is 1.